The van der Waals surface area contributed by atoms with E-state index in [1.807, 2.05) is 4.57 Å². The van der Waals surface area contributed by atoms with Crippen molar-refractivity contribution in [3.63, 3.8) is 0 Å². The van der Waals surface area contributed by atoms with E-state index in [2.05, 4.69) is 20.4 Å². The average Bonchev–Trinajstić information content (AvgIpc) is 3.13. The number of carbonyl (C=O) groups excluding carboxylic acids is 1. The SMILES string of the molecule is COCCCNC(=O)CSc1nnc(CN2CCCCC2)n1-c1ccc(F)cc1. The molecule has 29 heavy (non-hydrogen) atoms. The van der Waals surface area contributed by atoms with Gasteiger partial charge in [0.1, 0.15) is 5.82 Å². The number of thioether (sulfide) groups is 1. The zero-order valence-electron chi connectivity index (χ0n) is 16.8. The Hall–Kier alpha value is -1.97. The van der Waals surface area contributed by atoms with Crippen molar-refractivity contribution in [2.45, 2.75) is 37.4 Å². The van der Waals surface area contributed by atoms with Gasteiger partial charge in [0.15, 0.2) is 11.0 Å². The number of hydrogen-bond donors (Lipinski definition) is 1. The van der Waals surface area contributed by atoms with Gasteiger partial charge in [0.05, 0.1) is 12.3 Å². The van der Waals surface area contributed by atoms with Crippen LogP contribution in [-0.2, 0) is 16.1 Å². The first-order valence-electron chi connectivity index (χ1n) is 9.98. The topological polar surface area (TPSA) is 72.3 Å². The normalized spacial score (nSPS) is 14.8. The van der Waals surface area contributed by atoms with Crippen LogP contribution >= 0.6 is 11.8 Å². The minimum absolute atomic E-state index is 0.0580. The molecule has 0 saturated carbocycles. The van der Waals surface area contributed by atoms with Crippen molar-refractivity contribution in [3.8, 4) is 5.69 Å². The van der Waals surface area contributed by atoms with Crippen LogP contribution in [0.4, 0.5) is 4.39 Å². The third-order valence-corrected chi connectivity index (χ3v) is 5.71. The summed E-state index contributed by atoms with van der Waals surface area (Å²) in [6.45, 7) is 3.98. The highest BCUT2D eigenvalue weighted by atomic mass is 32.2. The van der Waals surface area contributed by atoms with Crippen LogP contribution in [0, 0.1) is 5.82 Å². The monoisotopic (exact) mass is 421 g/mol. The zero-order chi connectivity index (χ0) is 20.5. The Morgan fingerprint density at radius 1 is 1.21 bits per heavy atom. The quantitative estimate of drug-likeness (QED) is 0.470. The standard InChI is InChI=1S/C20H28FN5O2S/c1-28-13-5-10-22-19(27)15-29-20-24-23-18(14-25-11-3-2-4-12-25)26(20)17-8-6-16(21)7-9-17/h6-9H,2-5,10-15H2,1H3,(H,22,27). The molecule has 0 unspecified atom stereocenters. The van der Waals surface area contributed by atoms with E-state index in [-0.39, 0.29) is 17.5 Å². The molecule has 2 aromatic rings. The molecule has 0 radical (unpaired) electrons. The highest BCUT2D eigenvalue weighted by Crippen LogP contribution is 2.24. The maximum atomic E-state index is 13.4. The van der Waals surface area contributed by atoms with Crippen molar-refractivity contribution in [1.29, 1.82) is 0 Å². The number of hydrogen-bond acceptors (Lipinski definition) is 6. The molecule has 1 aliphatic rings. The fourth-order valence-corrected chi connectivity index (χ4v) is 4.09. The number of carbonyl (C=O) groups is 1. The number of nitrogens with one attached hydrogen (secondary N) is 1. The van der Waals surface area contributed by atoms with Gasteiger partial charge in [-0.3, -0.25) is 14.3 Å². The fourth-order valence-electron chi connectivity index (χ4n) is 3.29. The second-order valence-electron chi connectivity index (χ2n) is 7.03. The molecular formula is C20H28FN5O2S. The molecule has 0 aliphatic carbocycles. The molecule has 1 aliphatic heterocycles. The van der Waals surface area contributed by atoms with Crippen LogP contribution in [0.2, 0.25) is 0 Å². The largest absolute Gasteiger partial charge is 0.385 e. The van der Waals surface area contributed by atoms with Gasteiger partial charge in [0.2, 0.25) is 5.91 Å². The van der Waals surface area contributed by atoms with Crippen LogP contribution in [-0.4, -0.2) is 64.7 Å². The molecule has 1 saturated heterocycles. The highest BCUT2D eigenvalue weighted by Gasteiger charge is 2.19. The summed E-state index contributed by atoms with van der Waals surface area (Å²) in [6.07, 6.45) is 4.42. The fraction of sp³-hybridized carbons (Fsp3) is 0.550. The van der Waals surface area contributed by atoms with E-state index in [4.69, 9.17) is 4.74 Å². The second-order valence-corrected chi connectivity index (χ2v) is 7.97. The first-order chi connectivity index (χ1) is 14.2. The molecule has 1 fully saturated rings. The number of benzene rings is 1. The van der Waals surface area contributed by atoms with E-state index < -0.39 is 0 Å². The minimum atomic E-state index is -0.288. The molecule has 0 spiro atoms. The Morgan fingerprint density at radius 2 is 1.97 bits per heavy atom. The van der Waals surface area contributed by atoms with Crippen LogP contribution in [0.3, 0.4) is 0 Å². The van der Waals surface area contributed by atoms with Crippen molar-refractivity contribution in [3.05, 3.63) is 35.9 Å². The third-order valence-electron chi connectivity index (χ3n) is 4.78. The van der Waals surface area contributed by atoms with Gasteiger partial charge in [-0.2, -0.15) is 0 Å². The number of amides is 1. The van der Waals surface area contributed by atoms with Crippen LogP contribution < -0.4 is 5.32 Å². The lowest BCUT2D eigenvalue weighted by atomic mass is 10.1. The number of ether oxygens (including phenoxy) is 1. The van der Waals surface area contributed by atoms with E-state index in [9.17, 15) is 9.18 Å². The van der Waals surface area contributed by atoms with E-state index in [0.717, 1.165) is 31.0 Å². The minimum Gasteiger partial charge on any atom is -0.385 e. The van der Waals surface area contributed by atoms with Crippen molar-refractivity contribution >= 4 is 17.7 Å². The number of aromatic nitrogens is 3. The van der Waals surface area contributed by atoms with Gasteiger partial charge >= 0.3 is 0 Å². The lowest BCUT2D eigenvalue weighted by Crippen LogP contribution is -2.30. The average molecular weight is 422 g/mol. The summed E-state index contributed by atoms with van der Waals surface area (Å²) < 4.78 is 20.3. The first kappa shape index (κ1) is 21.7. The maximum absolute atomic E-state index is 13.4. The van der Waals surface area contributed by atoms with Gasteiger partial charge in [-0.1, -0.05) is 18.2 Å². The van der Waals surface area contributed by atoms with E-state index in [1.165, 1.54) is 43.2 Å². The van der Waals surface area contributed by atoms with Gasteiger partial charge in [-0.25, -0.2) is 4.39 Å². The number of piperidine rings is 1. The summed E-state index contributed by atoms with van der Waals surface area (Å²) in [6, 6.07) is 6.29. The van der Waals surface area contributed by atoms with Gasteiger partial charge in [0.25, 0.3) is 0 Å². The summed E-state index contributed by atoms with van der Waals surface area (Å²) in [5.41, 5.74) is 0.798. The molecule has 1 aromatic carbocycles. The molecule has 0 bridgehead atoms. The molecule has 158 valence electrons. The smallest absolute Gasteiger partial charge is 0.230 e. The van der Waals surface area contributed by atoms with E-state index in [0.29, 0.717) is 24.9 Å². The van der Waals surface area contributed by atoms with Crippen molar-refractivity contribution in [1.82, 2.24) is 25.0 Å². The number of rotatable bonds is 10. The Bertz CT molecular complexity index is 778. The summed E-state index contributed by atoms with van der Waals surface area (Å²) in [5.74, 6) is 0.707. The van der Waals surface area contributed by atoms with Crippen molar-refractivity contribution < 1.29 is 13.9 Å². The van der Waals surface area contributed by atoms with Crippen LogP contribution in [0.5, 0.6) is 0 Å². The Labute approximate surface area is 175 Å². The summed E-state index contributed by atoms with van der Waals surface area (Å²) in [4.78, 5) is 14.5. The van der Waals surface area contributed by atoms with E-state index in [1.54, 1.807) is 19.2 Å². The molecular weight excluding hydrogens is 393 g/mol. The van der Waals surface area contributed by atoms with Crippen molar-refractivity contribution in [2.24, 2.45) is 0 Å². The molecule has 9 heteroatoms. The van der Waals surface area contributed by atoms with Gasteiger partial charge in [0, 0.05) is 25.9 Å². The number of likely N-dealkylation sites (tertiary alicyclic amines) is 1. The number of nitrogens with zero attached hydrogens (tertiary/aromatic N) is 4. The van der Waals surface area contributed by atoms with Gasteiger partial charge in [-0.15, -0.1) is 10.2 Å². The Balaban J connectivity index is 1.70. The second kappa shape index (κ2) is 11.3. The number of methoxy groups -OCH3 is 1. The molecule has 7 nitrogen and oxygen atoms in total. The number of halogens is 1. The van der Waals surface area contributed by atoms with E-state index >= 15 is 0 Å². The highest BCUT2D eigenvalue weighted by molar-refractivity contribution is 7.99. The lowest BCUT2D eigenvalue weighted by molar-refractivity contribution is -0.118. The molecule has 2 heterocycles. The Kier molecular flexibility index (Phi) is 8.45. The molecule has 3 rings (SSSR count). The summed E-state index contributed by atoms with van der Waals surface area (Å²) in [7, 11) is 1.64. The van der Waals surface area contributed by atoms with Gasteiger partial charge < -0.3 is 10.1 Å². The predicted molar refractivity (Wildman–Crippen MR) is 111 cm³/mol. The zero-order valence-corrected chi connectivity index (χ0v) is 17.6. The Morgan fingerprint density at radius 3 is 2.69 bits per heavy atom. The predicted octanol–water partition coefficient (Wildman–Crippen LogP) is 2.64. The van der Waals surface area contributed by atoms with Crippen LogP contribution in [0.25, 0.3) is 5.69 Å². The van der Waals surface area contributed by atoms with Crippen LogP contribution in [0.1, 0.15) is 31.5 Å². The molecule has 0 atom stereocenters. The molecule has 1 N–H and O–H groups in total. The maximum Gasteiger partial charge on any atom is 0.230 e. The summed E-state index contributed by atoms with van der Waals surface area (Å²) >= 11 is 1.33. The van der Waals surface area contributed by atoms with Gasteiger partial charge in [-0.05, 0) is 56.6 Å². The van der Waals surface area contributed by atoms with Crippen molar-refractivity contribution in [2.75, 3.05) is 39.1 Å². The first-order valence-corrected chi connectivity index (χ1v) is 11.0. The lowest BCUT2D eigenvalue weighted by Gasteiger charge is -2.26. The molecule has 1 aromatic heterocycles. The molecule has 1 amide bonds. The summed E-state index contributed by atoms with van der Waals surface area (Å²) in [5, 5.41) is 12.2. The van der Waals surface area contributed by atoms with Crippen LogP contribution in [0.15, 0.2) is 29.4 Å². The third kappa shape index (κ3) is 6.52.